The minimum Gasteiger partial charge on any atom is -0.350 e. The maximum atomic E-state index is 12.5. The maximum Gasteiger partial charge on any atom is 0.242 e. The zero-order chi connectivity index (χ0) is 16.4. The molecule has 2 bridgehead atoms. The van der Waals surface area contributed by atoms with Crippen molar-refractivity contribution in [3.05, 3.63) is 35.9 Å². The van der Waals surface area contributed by atoms with E-state index < -0.39 is 6.04 Å². The summed E-state index contributed by atoms with van der Waals surface area (Å²) < 4.78 is 0. The molecule has 0 saturated heterocycles. The first-order valence-electron chi connectivity index (χ1n) is 8.44. The van der Waals surface area contributed by atoms with Gasteiger partial charge in [-0.3, -0.25) is 9.59 Å². The summed E-state index contributed by atoms with van der Waals surface area (Å²) in [7, 11) is 0. The minimum absolute atomic E-state index is 0.0478. The number of amides is 2. The van der Waals surface area contributed by atoms with Gasteiger partial charge in [-0.15, -0.1) is 0 Å². The van der Waals surface area contributed by atoms with Gasteiger partial charge in [0.2, 0.25) is 11.8 Å². The van der Waals surface area contributed by atoms with Crippen LogP contribution in [0.1, 0.15) is 31.7 Å². The van der Waals surface area contributed by atoms with Gasteiger partial charge in [0.05, 0.1) is 5.92 Å². The summed E-state index contributed by atoms with van der Waals surface area (Å²) in [5, 5.41) is 5.70. The third kappa shape index (κ3) is 3.39. The summed E-state index contributed by atoms with van der Waals surface area (Å²) in [6, 6.07) is 9.13. The molecule has 0 radical (unpaired) electrons. The fourth-order valence-corrected chi connectivity index (χ4v) is 4.04. The monoisotopic (exact) mass is 315 g/mol. The lowest BCUT2D eigenvalue weighted by atomic mass is 9.84. The molecule has 1 aromatic rings. The lowest BCUT2D eigenvalue weighted by Crippen LogP contribution is -2.51. The lowest BCUT2D eigenvalue weighted by Gasteiger charge is -2.28. The predicted molar refractivity (Wildman–Crippen MR) is 88.2 cm³/mol. The molecule has 5 heteroatoms. The number of hydrogen-bond donors (Lipinski definition) is 3. The zero-order valence-electron chi connectivity index (χ0n) is 13.5. The molecular weight excluding hydrogens is 290 g/mol. The van der Waals surface area contributed by atoms with E-state index in [2.05, 4.69) is 10.6 Å². The molecule has 23 heavy (non-hydrogen) atoms. The average Bonchev–Trinajstić information content (AvgIpc) is 3.14. The lowest BCUT2D eigenvalue weighted by molar-refractivity contribution is -0.132. The van der Waals surface area contributed by atoms with Crippen LogP contribution in [0.15, 0.2) is 30.3 Å². The van der Waals surface area contributed by atoms with Crippen LogP contribution in [0, 0.1) is 17.8 Å². The molecule has 3 rings (SSSR count). The second-order valence-electron chi connectivity index (χ2n) is 6.87. The molecule has 2 fully saturated rings. The summed E-state index contributed by atoms with van der Waals surface area (Å²) in [5.74, 6) is 0.525. The third-order valence-corrected chi connectivity index (χ3v) is 5.34. The van der Waals surface area contributed by atoms with Gasteiger partial charge in [-0.05, 0) is 43.6 Å². The van der Waals surface area contributed by atoms with Crippen LogP contribution in [-0.4, -0.2) is 23.9 Å². The number of nitrogens with one attached hydrogen (secondary N) is 2. The highest BCUT2D eigenvalue weighted by atomic mass is 16.2. The Morgan fingerprint density at radius 2 is 1.91 bits per heavy atom. The van der Waals surface area contributed by atoms with Gasteiger partial charge in [-0.25, -0.2) is 0 Å². The summed E-state index contributed by atoms with van der Waals surface area (Å²) in [4.78, 5) is 24.6. The van der Waals surface area contributed by atoms with Crippen LogP contribution in [0.5, 0.6) is 0 Å². The molecular formula is C18H25N3O2. The fraction of sp³-hybridized carbons (Fsp3) is 0.556. The number of carbonyl (C=O) groups excluding carboxylic acids is 2. The molecule has 0 aliphatic heterocycles. The van der Waals surface area contributed by atoms with Crippen molar-refractivity contribution in [3.8, 4) is 0 Å². The number of fused-ring (bicyclic) bond motifs is 2. The Hall–Kier alpha value is -1.88. The highest BCUT2D eigenvalue weighted by Gasteiger charge is 2.49. The molecule has 0 heterocycles. The number of rotatable bonds is 5. The highest BCUT2D eigenvalue weighted by molar-refractivity contribution is 5.88. The van der Waals surface area contributed by atoms with Gasteiger partial charge < -0.3 is 16.4 Å². The van der Waals surface area contributed by atoms with Crippen LogP contribution in [0.3, 0.4) is 0 Å². The van der Waals surface area contributed by atoms with Crippen molar-refractivity contribution < 1.29 is 9.59 Å². The SMILES string of the molecule is CC(NC(=O)C1C2CCC(C2)C1N)C(=O)NCc1ccccc1. The van der Waals surface area contributed by atoms with Crippen LogP contribution < -0.4 is 16.4 Å². The van der Waals surface area contributed by atoms with E-state index in [1.165, 1.54) is 0 Å². The fourth-order valence-electron chi connectivity index (χ4n) is 4.04. The van der Waals surface area contributed by atoms with E-state index in [1.54, 1.807) is 6.92 Å². The second kappa shape index (κ2) is 6.71. The average molecular weight is 315 g/mol. The van der Waals surface area contributed by atoms with Crippen molar-refractivity contribution in [3.63, 3.8) is 0 Å². The Balaban J connectivity index is 1.49. The quantitative estimate of drug-likeness (QED) is 0.763. The molecule has 0 aromatic heterocycles. The van der Waals surface area contributed by atoms with Crippen LogP contribution in [0.2, 0.25) is 0 Å². The van der Waals surface area contributed by atoms with Gasteiger partial charge in [0.15, 0.2) is 0 Å². The first kappa shape index (κ1) is 16.0. The molecule has 5 unspecified atom stereocenters. The molecule has 5 atom stereocenters. The Morgan fingerprint density at radius 1 is 1.22 bits per heavy atom. The van der Waals surface area contributed by atoms with E-state index >= 15 is 0 Å². The van der Waals surface area contributed by atoms with Gasteiger partial charge >= 0.3 is 0 Å². The molecule has 124 valence electrons. The maximum absolute atomic E-state index is 12.5. The number of hydrogen-bond acceptors (Lipinski definition) is 3. The van der Waals surface area contributed by atoms with Crippen LogP contribution in [0.25, 0.3) is 0 Å². The number of benzene rings is 1. The van der Waals surface area contributed by atoms with E-state index in [1.807, 2.05) is 30.3 Å². The van der Waals surface area contributed by atoms with Crippen molar-refractivity contribution in [2.24, 2.45) is 23.5 Å². The Morgan fingerprint density at radius 3 is 2.57 bits per heavy atom. The zero-order valence-corrected chi connectivity index (χ0v) is 13.5. The van der Waals surface area contributed by atoms with Crippen LogP contribution >= 0.6 is 0 Å². The second-order valence-corrected chi connectivity index (χ2v) is 6.87. The Bertz CT molecular complexity index is 573. The topological polar surface area (TPSA) is 84.2 Å². The molecule has 5 nitrogen and oxygen atoms in total. The molecule has 1 aromatic carbocycles. The van der Waals surface area contributed by atoms with Crippen LogP contribution in [0.4, 0.5) is 0 Å². The summed E-state index contributed by atoms with van der Waals surface area (Å²) in [6.45, 7) is 2.19. The van der Waals surface area contributed by atoms with Crippen molar-refractivity contribution in [2.75, 3.05) is 0 Å². The molecule has 2 aliphatic carbocycles. The third-order valence-electron chi connectivity index (χ3n) is 5.34. The highest BCUT2D eigenvalue weighted by Crippen LogP contribution is 2.47. The summed E-state index contributed by atoms with van der Waals surface area (Å²) >= 11 is 0. The first-order chi connectivity index (χ1) is 11.1. The first-order valence-corrected chi connectivity index (χ1v) is 8.44. The summed E-state index contributed by atoms with van der Waals surface area (Å²) in [5.41, 5.74) is 7.23. The molecule has 4 N–H and O–H groups in total. The van der Waals surface area contributed by atoms with Crippen molar-refractivity contribution >= 4 is 11.8 Å². The number of nitrogens with two attached hydrogens (primary N) is 1. The molecule has 2 amide bonds. The Labute approximate surface area is 137 Å². The van der Waals surface area contributed by atoms with Crippen molar-refractivity contribution in [2.45, 2.75) is 44.8 Å². The van der Waals surface area contributed by atoms with E-state index in [-0.39, 0.29) is 23.8 Å². The minimum atomic E-state index is -0.544. The van der Waals surface area contributed by atoms with Gasteiger partial charge in [-0.1, -0.05) is 30.3 Å². The molecule has 0 spiro atoms. The van der Waals surface area contributed by atoms with Crippen molar-refractivity contribution in [1.29, 1.82) is 0 Å². The van der Waals surface area contributed by atoms with Crippen molar-refractivity contribution in [1.82, 2.24) is 10.6 Å². The normalized spacial score (nSPS) is 30.0. The smallest absolute Gasteiger partial charge is 0.242 e. The molecule has 2 aliphatic rings. The largest absolute Gasteiger partial charge is 0.350 e. The van der Waals surface area contributed by atoms with Gasteiger partial charge in [-0.2, -0.15) is 0 Å². The van der Waals surface area contributed by atoms with Crippen LogP contribution in [-0.2, 0) is 16.1 Å². The van der Waals surface area contributed by atoms with E-state index in [9.17, 15) is 9.59 Å². The Kier molecular flexibility index (Phi) is 4.66. The number of carbonyl (C=O) groups is 2. The van der Waals surface area contributed by atoms with Gasteiger partial charge in [0.25, 0.3) is 0 Å². The van der Waals surface area contributed by atoms with Gasteiger partial charge in [0, 0.05) is 12.6 Å². The van der Waals surface area contributed by atoms with E-state index in [0.717, 1.165) is 24.8 Å². The molecule has 2 saturated carbocycles. The van der Waals surface area contributed by atoms with E-state index in [4.69, 9.17) is 5.73 Å². The summed E-state index contributed by atoms with van der Waals surface area (Å²) in [6.07, 6.45) is 3.29. The predicted octanol–water partition coefficient (Wildman–Crippen LogP) is 1.18. The van der Waals surface area contributed by atoms with E-state index in [0.29, 0.717) is 18.4 Å². The van der Waals surface area contributed by atoms with Gasteiger partial charge in [0.1, 0.15) is 6.04 Å². The standard InChI is InChI=1S/C18H25N3O2/c1-11(17(22)20-10-12-5-3-2-4-6-12)21-18(23)15-13-7-8-14(9-13)16(15)19/h2-6,11,13-16H,7-10,19H2,1H3,(H,20,22)(H,21,23).